The molecule has 0 spiro atoms. The molecule has 1 unspecified atom stereocenters. The van der Waals surface area contributed by atoms with Gasteiger partial charge in [0.05, 0.1) is 5.25 Å². The molecular formula is C14H18N6OS. The maximum absolute atomic E-state index is 12.6. The molecule has 8 heteroatoms. The molecule has 0 saturated heterocycles. The zero-order valence-electron chi connectivity index (χ0n) is 12.4. The van der Waals surface area contributed by atoms with E-state index in [1.54, 1.807) is 11.8 Å². The second-order valence-corrected chi connectivity index (χ2v) is 5.82. The van der Waals surface area contributed by atoms with Crippen LogP contribution in [-0.4, -0.2) is 32.7 Å². The standard InChI is InChI=1S/C14H18N6OS/c1-3-20(10-7-5-4-6-8-10)11(21)9(2)22-14-18-12(15)17-13(16)19-14/h4-9H,3H2,1-2H3,(H4,15,16,17,18,19). The van der Waals surface area contributed by atoms with Crippen LogP contribution in [0.1, 0.15) is 13.8 Å². The third-order valence-electron chi connectivity index (χ3n) is 2.93. The molecule has 0 bridgehead atoms. The molecule has 0 aliphatic rings. The van der Waals surface area contributed by atoms with Crippen LogP contribution < -0.4 is 16.4 Å². The van der Waals surface area contributed by atoms with Crippen molar-refractivity contribution in [1.29, 1.82) is 0 Å². The third kappa shape index (κ3) is 3.85. The number of anilines is 3. The Kier molecular flexibility index (Phi) is 5.16. The number of rotatable bonds is 5. The van der Waals surface area contributed by atoms with Crippen LogP contribution in [0, 0.1) is 0 Å². The topological polar surface area (TPSA) is 111 Å². The highest BCUT2D eigenvalue weighted by atomic mass is 32.2. The fraction of sp³-hybridized carbons (Fsp3) is 0.286. The first kappa shape index (κ1) is 16.0. The summed E-state index contributed by atoms with van der Waals surface area (Å²) >= 11 is 1.20. The van der Waals surface area contributed by atoms with Crippen molar-refractivity contribution in [2.45, 2.75) is 24.3 Å². The quantitative estimate of drug-likeness (QED) is 0.805. The Labute approximate surface area is 133 Å². The lowest BCUT2D eigenvalue weighted by Crippen LogP contribution is -2.36. The number of amides is 1. The number of nitrogens with two attached hydrogens (primary N) is 2. The summed E-state index contributed by atoms with van der Waals surface area (Å²) in [5.74, 6) is 0.0615. The number of aromatic nitrogens is 3. The van der Waals surface area contributed by atoms with E-state index in [1.807, 2.05) is 37.3 Å². The summed E-state index contributed by atoms with van der Waals surface area (Å²) < 4.78 is 0. The van der Waals surface area contributed by atoms with E-state index < -0.39 is 0 Å². The molecule has 116 valence electrons. The lowest BCUT2D eigenvalue weighted by atomic mass is 10.2. The predicted molar refractivity (Wildman–Crippen MR) is 88.4 cm³/mol. The molecule has 1 atom stereocenters. The van der Waals surface area contributed by atoms with Crippen molar-refractivity contribution in [2.24, 2.45) is 0 Å². The van der Waals surface area contributed by atoms with Crippen molar-refractivity contribution in [2.75, 3.05) is 22.9 Å². The Morgan fingerprint density at radius 3 is 2.32 bits per heavy atom. The summed E-state index contributed by atoms with van der Waals surface area (Å²) in [6.07, 6.45) is 0. The van der Waals surface area contributed by atoms with Crippen LogP contribution in [0.15, 0.2) is 35.5 Å². The lowest BCUT2D eigenvalue weighted by molar-refractivity contribution is -0.117. The molecule has 0 aliphatic heterocycles. The Hall–Kier alpha value is -2.35. The van der Waals surface area contributed by atoms with Gasteiger partial charge in [0.1, 0.15) is 0 Å². The van der Waals surface area contributed by atoms with Crippen molar-refractivity contribution in [3.8, 4) is 0 Å². The van der Waals surface area contributed by atoms with Gasteiger partial charge in [-0.1, -0.05) is 30.0 Å². The van der Waals surface area contributed by atoms with Gasteiger partial charge in [-0.3, -0.25) is 4.79 Å². The molecule has 4 N–H and O–H groups in total. The zero-order chi connectivity index (χ0) is 16.1. The van der Waals surface area contributed by atoms with Crippen LogP contribution in [0.5, 0.6) is 0 Å². The molecule has 1 aromatic heterocycles. The largest absolute Gasteiger partial charge is 0.368 e. The number of para-hydroxylation sites is 1. The molecule has 7 nitrogen and oxygen atoms in total. The minimum Gasteiger partial charge on any atom is -0.368 e. The molecular weight excluding hydrogens is 300 g/mol. The van der Waals surface area contributed by atoms with Gasteiger partial charge in [-0.2, -0.15) is 15.0 Å². The minimum absolute atomic E-state index is 0.0312. The van der Waals surface area contributed by atoms with Gasteiger partial charge in [0.15, 0.2) is 5.16 Å². The van der Waals surface area contributed by atoms with Gasteiger partial charge in [-0.25, -0.2) is 0 Å². The fourth-order valence-corrected chi connectivity index (χ4v) is 2.78. The molecule has 1 heterocycles. The van der Waals surface area contributed by atoms with Crippen molar-refractivity contribution < 1.29 is 4.79 Å². The molecule has 1 amide bonds. The smallest absolute Gasteiger partial charge is 0.240 e. The van der Waals surface area contributed by atoms with Crippen molar-refractivity contribution >= 4 is 35.3 Å². The lowest BCUT2D eigenvalue weighted by Gasteiger charge is -2.24. The van der Waals surface area contributed by atoms with Crippen molar-refractivity contribution in [1.82, 2.24) is 15.0 Å². The Morgan fingerprint density at radius 2 is 1.77 bits per heavy atom. The number of carbonyl (C=O) groups excluding carboxylic acids is 1. The van der Waals surface area contributed by atoms with Gasteiger partial charge in [0, 0.05) is 12.2 Å². The first-order valence-electron chi connectivity index (χ1n) is 6.81. The molecule has 2 aromatic rings. The number of hydrogen-bond donors (Lipinski definition) is 2. The van der Waals surface area contributed by atoms with Gasteiger partial charge in [-0.15, -0.1) is 0 Å². The van der Waals surface area contributed by atoms with Crippen LogP contribution in [-0.2, 0) is 4.79 Å². The summed E-state index contributed by atoms with van der Waals surface area (Å²) in [5, 5.41) is -0.0312. The van der Waals surface area contributed by atoms with Crippen molar-refractivity contribution in [3.63, 3.8) is 0 Å². The van der Waals surface area contributed by atoms with Gasteiger partial charge < -0.3 is 16.4 Å². The van der Waals surface area contributed by atoms with E-state index in [0.29, 0.717) is 11.7 Å². The summed E-state index contributed by atoms with van der Waals surface area (Å²) in [4.78, 5) is 26.0. The van der Waals surface area contributed by atoms with Crippen LogP contribution in [0.2, 0.25) is 0 Å². The molecule has 0 saturated carbocycles. The third-order valence-corrected chi connectivity index (χ3v) is 3.88. The summed E-state index contributed by atoms with van der Waals surface area (Å²) in [6.45, 7) is 4.31. The van der Waals surface area contributed by atoms with E-state index in [2.05, 4.69) is 15.0 Å². The van der Waals surface area contributed by atoms with E-state index in [9.17, 15) is 4.79 Å². The van der Waals surface area contributed by atoms with Crippen LogP contribution in [0.25, 0.3) is 0 Å². The number of thioether (sulfide) groups is 1. The molecule has 0 radical (unpaired) electrons. The van der Waals surface area contributed by atoms with E-state index in [0.717, 1.165) is 5.69 Å². The van der Waals surface area contributed by atoms with Crippen LogP contribution >= 0.6 is 11.8 Å². The Balaban J connectivity index is 2.14. The molecule has 1 aromatic carbocycles. The van der Waals surface area contributed by atoms with Gasteiger partial charge in [0.25, 0.3) is 0 Å². The van der Waals surface area contributed by atoms with E-state index in [4.69, 9.17) is 11.5 Å². The molecule has 0 aliphatic carbocycles. The highest BCUT2D eigenvalue weighted by molar-refractivity contribution is 8.00. The maximum Gasteiger partial charge on any atom is 0.240 e. The zero-order valence-corrected chi connectivity index (χ0v) is 13.2. The number of nitrogen functional groups attached to an aromatic ring is 2. The molecule has 22 heavy (non-hydrogen) atoms. The summed E-state index contributed by atoms with van der Waals surface area (Å²) in [5.41, 5.74) is 11.9. The molecule has 2 rings (SSSR count). The number of hydrogen-bond acceptors (Lipinski definition) is 7. The predicted octanol–water partition coefficient (Wildman–Crippen LogP) is 1.57. The average Bonchev–Trinajstić information content (AvgIpc) is 2.47. The molecule has 0 fully saturated rings. The minimum atomic E-state index is -0.374. The summed E-state index contributed by atoms with van der Waals surface area (Å²) in [6, 6.07) is 9.51. The first-order chi connectivity index (χ1) is 10.5. The van der Waals surface area contributed by atoms with Crippen LogP contribution in [0.3, 0.4) is 0 Å². The Bertz CT molecular complexity index is 631. The number of nitrogens with zero attached hydrogens (tertiary/aromatic N) is 4. The second kappa shape index (κ2) is 7.08. The first-order valence-corrected chi connectivity index (χ1v) is 7.69. The maximum atomic E-state index is 12.6. The monoisotopic (exact) mass is 318 g/mol. The summed E-state index contributed by atoms with van der Waals surface area (Å²) in [7, 11) is 0. The van der Waals surface area contributed by atoms with E-state index in [1.165, 1.54) is 11.8 Å². The Morgan fingerprint density at radius 1 is 1.18 bits per heavy atom. The van der Waals surface area contributed by atoms with Gasteiger partial charge in [0.2, 0.25) is 17.8 Å². The van der Waals surface area contributed by atoms with Gasteiger partial charge in [-0.05, 0) is 26.0 Å². The SMILES string of the molecule is CCN(C(=O)C(C)Sc1nc(N)nc(N)n1)c1ccccc1. The second-order valence-electron chi connectivity index (χ2n) is 4.51. The van der Waals surface area contributed by atoms with E-state index >= 15 is 0 Å². The normalized spacial score (nSPS) is 11.9. The highest BCUT2D eigenvalue weighted by Crippen LogP contribution is 2.24. The fourth-order valence-electron chi connectivity index (χ4n) is 1.94. The van der Waals surface area contributed by atoms with E-state index in [-0.39, 0.29) is 23.1 Å². The van der Waals surface area contributed by atoms with Gasteiger partial charge >= 0.3 is 0 Å². The number of benzene rings is 1. The number of carbonyl (C=O) groups is 1. The highest BCUT2D eigenvalue weighted by Gasteiger charge is 2.23. The van der Waals surface area contributed by atoms with Crippen LogP contribution in [0.4, 0.5) is 17.6 Å². The van der Waals surface area contributed by atoms with Crippen molar-refractivity contribution in [3.05, 3.63) is 30.3 Å². The average molecular weight is 318 g/mol.